The van der Waals surface area contributed by atoms with E-state index < -0.39 is 11.6 Å². The molecule has 0 radical (unpaired) electrons. The number of methoxy groups -OCH3 is 3. The van der Waals surface area contributed by atoms with Crippen LogP contribution in [-0.4, -0.2) is 63.5 Å². The fourth-order valence-electron chi connectivity index (χ4n) is 5.51. The molecule has 5 rings (SSSR count). The molecule has 0 spiro atoms. The van der Waals surface area contributed by atoms with Gasteiger partial charge < -0.3 is 34.1 Å². The van der Waals surface area contributed by atoms with Gasteiger partial charge in [-0.1, -0.05) is 46.3 Å². The molecule has 0 unspecified atom stereocenters. The Balaban J connectivity index is 1.51. The molecule has 246 valence electrons. The third-order valence-corrected chi connectivity index (χ3v) is 8.49. The van der Waals surface area contributed by atoms with Crippen LogP contribution in [0.5, 0.6) is 23.0 Å². The van der Waals surface area contributed by atoms with Crippen LogP contribution in [0.15, 0.2) is 100 Å². The first kappa shape index (κ1) is 33.8. The molecule has 0 saturated carbocycles. The second kappa shape index (κ2) is 15.8. The summed E-state index contributed by atoms with van der Waals surface area (Å²) < 4.78 is 29.7. The van der Waals surface area contributed by atoms with Gasteiger partial charge >= 0.3 is 0 Å². The number of aliphatic imine (C=N–C) groups is 1. The zero-order valence-corrected chi connectivity index (χ0v) is 28.3. The van der Waals surface area contributed by atoms with Crippen molar-refractivity contribution in [1.82, 2.24) is 5.32 Å². The maximum Gasteiger partial charge on any atom is 0.252 e. The molecule has 0 saturated heterocycles. The standard InChI is InChI=1S/C37H39BrN2O7/c1-43-31-7-4-6-28(23-31)34-37(24-26-8-13-29(38)14-9-26,36(42)39-19-18-25-10-17-32(44-2)33(22-25)45-3)40-35(47-34)27-11-15-30(16-12-27)46-21-5-20-41/h4,6-17,22-23,34,41H,5,18-21,24H2,1-3H3,(H,39,42)/t34-,37-/m1/s1. The lowest BCUT2D eigenvalue weighted by molar-refractivity contribution is -0.128. The lowest BCUT2D eigenvalue weighted by Gasteiger charge is -2.31. The molecule has 1 heterocycles. The van der Waals surface area contributed by atoms with Crippen molar-refractivity contribution in [2.24, 2.45) is 4.99 Å². The van der Waals surface area contributed by atoms with Gasteiger partial charge in [-0.3, -0.25) is 4.79 Å². The summed E-state index contributed by atoms with van der Waals surface area (Å²) in [6, 6.07) is 28.5. The number of carbonyl (C=O) groups excluding carboxylic acids is 1. The van der Waals surface area contributed by atoms with Crippen molar-refractivity contribution in [1.29, 1.82) is 0 Å². The van der Waals surface area contributed by atoms with E-state index >= 15 is 0 Å². The minimum atomic E-state index is -1.34. The van der Waals surface area contributed by atoms with Gasteiger partial charge in [0.15, 0.2) is 23.1 Å². The molecular formula is C37H39BrN2O7. The largest absolute Gasteiger partial charge is 0.497 e. The van der Waals surface area contributed by atoms with Crippen LogP contribution in [-0.2, 0) is 22.4 Å². The van der Waals surface area contributed by atoms with Crippen molar-refractivity contribution >= 4 is 27.7 Å². The molecule has 0 aromatic heterocycles. The highest BCUT2D eigenvalue weighted by atomic mass is 79.9. The predicted molar refractivity (Wildman–Crippen MR) is 184 cm³/mol. The highest BCUT2D eigenvalue weighted by Gasteiger charge is 2.53. The van der Waals surface area contributed by atoms with Crippen LogP contribution < -0.4 is 24.3 Å². The van der Waals surface area contributed by atoms with Crippen LogP contribution in [0.4, 0.5) is 0 Å². The summed E-state index contributed by atoms with van der Waals surface area (Å²) in [5.74, 6) is 2.68. The Morgan fingerprint density at radius 3 is 2.34 bits per heavy atom. The highest BCUT2D eigenvalue weighted by molar-refractivity contribution is 9.10. The molecule has 9 nitrogen and oxygen atoms in total. The molecule has 4 aromatic rings. The molecule has 2 N–H and O–H groups in total. The molecule has 2 atom stereocenters. The van der Waals surface area contributed by atoms with E-state index in [0.717, 1.165) is 21.2 Å². The third kappa shape index (κ3) is 8.07. The molecule has 10 heteroatoms. The predicted octanol–water partition coefficient (Wildman–Crippen LogP) is 6.09. The summed E-state index contributed by atoms with van der Waals surface area (Å²) in [4.78, 5) is 19.7. The average Bonchev–Trinajstić information content (AvgIpc) is 3.50. The minimum absolute atomic E-state index is 0.0607. The third-order valence-electron chi connectivity index (χ3n) is 7.96. The molecule has 47 heavy (non-hydrogen) atoms. The normalized spacial score (nSPS) is 17.0. The minimum Gasteiger partial charge on any atom is -0.497 e. The summed E-state index contributed by atoms with van der Waals surface area (Å²) >= 11 is 3.52. The van der Waals surface area contributed by atoms with Gasteiger partial charge in [-0.05, 0) is 83.8 Å². The van der Waals surface area contributed by atoms with Gasteiger partial charge in [0.25, 0.3) is 5.91 Å². The first-order chi connectivity index (χ1) is 22.9. The van der Waals surface area contributed by atoms with Gasteiger partial charge in [-0.25, -0.2) is 4.99 Å². The number of nitrogens with one attached hydrogen (secondary N) is 1. The summed E-state index contributed by atoms with van der Waals surface area (Å²) in [6.45, 7) is 0.835. The van der Waals surface area contributed by atoms with Crippen molar-refractivity contribution in [3.8, 4) is 23.0 Å². The van der Waals surface area contributed by atoms with E-state index in [1.54, 1.807) is 21.3 Å². The first-order valence-corrected chi connectivity index (χ1v) is 16.2. The molecule has 1 aliphatic rings. The number of aliphatic hydroxyl groups excluding tert-OH is 1. The van der Waals surface area contributed by atoms with Crippen molar-refractivity contribution in [3.05, 3.63) is 118 Å². The molecule has 1 aliphatic heterocycles. The van der Waals surface area contributed by atoms with Crippen LogP contribution in [0.25, 0.3) is 0 Å². The quantitative estimate of drug-likeness (QED) is 0.144. The van der Waals surface area contributed by atoms with Gasteiger partial charge in [0.05, 0.1) is 27.9 Å². The zero-order chi connectivity index (χ0) is 33.2. The number of halogens is 1. The number of hydrogen-bond acceptors (Lipinski definition) is 8. The Labute approximate surface area is 283 Å². The second-order valence-corrected chi connectivity index (χ2v) is 12.0. The van der Waals surface area contributed by atoms with Gasteiger partial charge in [0, 0.05) is 36.0 Å². The molecule has 0 fully saturated rings. The van der Waals surface area contributed by atoms with Crippen LogP contribution in [0.3, 0.4) is 0 Å². The summed E-state index contributed by atoms with van der Waals surface area (Å²) in [6.07, 6.45) is 0.646. The maximum atomic E-state index is 14.5. The van der Waals surface area contributed by atoms with Crippen molar-refractivity contribution in [2.75, 3.05) is 41.1 Å². The molecule has 4 aromatic carbocycles. The lowest BCUT2D eigenvalue weighted by Crippen LogP contribution is -2.50. The van der Waals surface area contributed by atoms with Crippen LogP contribution >= 0.6 is 15.9 Å². The van der Waals surface area contributed by atoms with E-state index in [0.29, 0.717) is 60.5 Å². The highest BCUT2D eigenvalue weighted by Crippen LogP contribution is 2.43. The van der Waals surface area contributed by atoms with E-state index in [9.17, 15) is 4.79 Å². The van der Waals surface area contributed by atoms with Gasteiger partial charge in [-0.15, -0.1) is 0 Å². The topological polar surface area (TPSA) is 108 Å². The zero-order valence-electron chi connectivity index (χ0n) is 26.7. The Bertz CT molecular complexity index is 1680. The number of carbonyl (C=O) groups is 1. The first-order valence-electron chi connectivity index (χ1n) is 15.4. The van der Waals surface area contributed by atoms with E-state index in [-0.39, 0.29) is 18.9 Å². The van der Waals surface area contributed by atoms with E-state index in [1.165, 1.54) is 0 Å². The Morgan fingerprint density at radius 1 is 0.894 bits per heavy atom. The smallest absolute Gasteiger partial charge is 0.252 e. The van der Waals surface area contributed by atoms with Crippen LogP contribution in [0, 0.1) is 0 Å². The number of benzene rings is 4. The number of rotatable bonds is 15. The van der Waals surface area contributed by atoms with E-state index in [4.69, 9.17) is 33.8 Å². The Kier molecular flexibility index (Phi) is 11.4. The Morgan fingerprint density at radius 2 is 1.64 bits per heavy atom. The fourth-order valence-corrected chi connectivity index (χ4v) is 5.77. The molecular weight excluding hydrogens is 664 g/mol. The summed E-state index contributed by atoms with van der Waals surface area (Å²) in [7, 11) is 4.81. The number of aliphatic hydroxyl groups is 1. The van der Waals surface area contributed by atoms with Crippen molar-refractivity contribution in [2.45, 2.75) is 30.9 Å². The molecule has 0 bridgehead atoms. The molecule has 0 aliphatic carbocycles. The molecule has 1 amide bonds. The summed E-state index contributed by atoms with van der Waals surface area (Å²) in [5, 5.41) is 12.3. The number of nitrogens with zero attached hydrogens (tertiary/aromatic N) is 1. The van der Waals surface area contributed by atoms with Gasteiger partial charge in [0.2, 0.25) is 5.90 Å². The van der Waals surface area contributed by atoms with Crippen molar-refractivity contribution < 1.29 is 33.6 Å². The van der Waals surface area contributed by atoms with Gasteiger partial charge in [0.1, 0.15) is 11.5 Å². The van der Waals surface area contributed by atoms with Crippen LogP contribution in [0.1, 0.15) is 34.8 Å². The fraction of sp³-hybridized carbons (Fsp3) is 0.297. The van der Waals surface area contributed by atoms with E-state index in [2.05, 4.69) is 21.2 Å². The van der Waals surface area contributed by atoms with Crippen molar-refractivity contribution in [3.63, 3.8) is 0 Å². The number of ether oxygens (including phenoxy) is 5. The monoisotopic (exact) mass is 702 g/mol. The SMILES string of the molecule is COc1cccc([C@H]2OC(c3ccc(OCCCO)cc3)=N[C@@]2(Cc2ccc(Br)cc2)C(=O)NCCc2ccc(OC)c(OC)c2)c1. The van der Waals surface area contributed by atoms with Gasteiger partial charge in [-0.2, -0.15) is 0 Å². The number of hydrogen-bond donors (Lipinski definition) is 2. The second-order valence-electron chi connectivity index (χ2n) is 11.1. The Hall–Kier alpha value is -4.54. The van der Waals surface area contributed by atoms with Crippen LogP contribution in [0.2, 0.25) is 0 Å². The maximum absolute atomic E-state index is 14.5. The van der Waals surface area contributed by atoms with E-state index in [1.807, 2.05) is 91.0 Å². The summed E-state index contributed by atoms with van der Waals surface area (Å²) in [5.41, 5.74) is 2.05. The average molecular weight is 704 g/mol. The lowest BCUT2D eigenvalue weighted by atomic mass is 9.82. The number of amides is 1.